The minimum atomic E-state index is -1.01. The number of alkyl carbamates (subject to hydrolysis) is 1. The van der Waals surface area contributed by atoms with Crippen LogP contribution in [-0.2, 0) is 24.2 Å². The van der Waals surface area contributed by atoms with Gasteiger partial charge in [-0.2, -0.15) is 5.10 Å². The predicted molar refractivity (Wildman–Crippen MR) is 109 cm³/mol. The molecule has 5 rings (SSSR count). The Bertz CT molecular complexity index is 1110. The lowest BCUT2D eigenvalue weighted by molar-refractivity contribution is 0.0694. The van der Waals surface area contributed by atoms with Gasteiger partial charge in [0.1, 0.15) is 12.2 Å². The number of aryl methyl sites for hydroxylation is 1. The smallest absolute Gasteiger partial charge is 0.407 e. The van der Waals surface area contributed by atoms with Crippen LogP contribution in [-0.4, -0.2) is 33.6 Å². The SMILES string of the molecule is O=C(NCc1nn2c(c1C(=O)O)CCC2)OCC1c2ccccc2-c2ccccc21. The second kappa shape index (κ2) is 7.33. The van der Waals surface area contributed by atoms with Gasteiger partial charge in [0.05, 0.1) is 17.9 Å². The number of carboxylic acids is 1. The zero-order chi connectivity index (χ0) is 20.7. The zero-order valence-corrected chi connectivity index (χ0v) is 16.3. The molecule has 2 aliphatic rings. The van der Waals surface area contributed by atoms with Crippen LogP contribution < -0.4 is 5.32 Å². The van der Waals surface area contributed by atoms with Crippen molar-refractivity contribution >= 4 is 12.1 Å². The third-order valence-corrected chi connectivity index (χ3v) is 5.87. The van der Waals surface area contributed by atoms with Gasteiger partial charge in [-0.25, -0.2) is 9.59 Å². The molecule has 152 valence electrons. The van der Waals surface area contributed by atoms with Crippen LogP contribution >= 0.6 is 0 Å². The first-order valence-electron chi connectivity index (χ1n) is 10.0. The van der Waals surface area contributed by atoms with Crippen molar-refractivity contribution < 1.29 is 19.4 Å². The number of amides is 1. The largest absolute Gasteiger partial charge is 0.478 e. The summed E-state index contributed by atoms with van der Waals surface area (Å²) in [5.74, 6) is -1.03. The lowest BCUT2D eigenvalue weighted by Crippen LogP contribution is -2.26. The van der Waals surface area contributed by atoms with Crippen LogP contribution in [0, 0.1) is 0 Å². The molecule has 0 radical (unpaired) electrons. The fourth-order valence-corrected chi connectivity index (χ4v) is 4.56. The highest BCUT2D eigenvalue weighted by atomic mass is 16.5. The molecule has 1 amide bonds. The standard InChI is InChI=1S/C23H21N3O4/c27-22(28)21-19(25-26-11-5-10-20(21)26)12-24-23(29)30-13-18-16-8-3-1-6-14(16)15-7-2-4-9-17(15)18/h1-4,6-9,18H,5,10-13H2,(H,24,29)(H,27,28). The van der Waals surface area contributed by atoms with E-state index >= 15 is 0 Å². The van der Waals surface area contributed by atoms with Gasteiger partial charge in [0, 0.05) is 12.5 Å². The first kappa shape index (κ1) is 18.4. The summed E-state index contributed by atoms with van der Waals surface area (Å²) >= 11 is 0. The van der Waals surface area contributed by atoms with E-state index in [0.29, 0.717) is 18.7 Å². The quantitative estimate of drug-likeness (QED) is 0.679. The van der Waals surface area contributed by atoms with Gasteiger partial charge in [0.25, 0.3) is 0 Å². The van der Waals surface area contributed by atoms with Crippen LogP contribution in [0.5, 0.6) is 0 Å². The van der Waals surface area contributed by atoms with E-state index in [0.717, 1.165) is 23.2 Å². The van der Waals surface area contributed by atoms with E-state index in [1.54, 1.807) is 4.68 Å². The number of nitrogens with zero attached hydrogens (tertiary/aromatic N) is 2. The maximum atomic E-state index is 12.3. The van der Waals surface area contributed by atoms with Crippen LogP contribution in [0.1, 0.15) is 45.2 Å². The number of nitrogens with one attached hydrogen (secondary N) is 1. The van der Waals surface area contributed by atoms with E-state index in [1.807, 2.05) is 24.3 Å². The molecule has 3 aromatic rings. The Morgan fingerprint density at radius 2 is 1.77 bits per heavy atom. The van der Waals surface area contributed by atoms with Gasteiger partial charge in [-0.1, -0.05) is 48.5 Å². The number of rotatable bonds is 5. The van der Waals surface area contributed by atoms with Crippen LogP contribution in [0.15, 0.2) is 48.5 Å². The summed E-state index contributed by atoms with van der Waals surface area (Å²) in [4.78, 5) is 24.0. The molecule has 2 N–H and O–H groups in total. The van der Waals surface area contributed by atoms with Crippen LogP contribution in [0.25, 0.3) is 11.1 Å². The van der Waals surface area contributed by atoms with E-state index in [2.05, 4.69) is 34.7 Å². The summed E-state index contributed by atoms with van der Waals surface area (Å²) < 4.78 is 7.23. The summed E-state index contributed by atoms with van der Waals surface area (Å²) in [6.07, 6.45) is 1.00. The van der Waals surface area contributed by atoms with E-state index in [1.165, 1.54) is 11.1 Å². The zero-order valence-electron chi connectivity index (χ0n) is 16.3. The Balaban J connectivity index is 1.26. The maximum Gasteiger partial charge on any atom is 0.407 e. The summed E-state index contributed by atoms with van der Waals surface area (Å²) in [6.45, 7) is 0.949. The molecular formula is C23H21N3O4. The minimum Gasteiger partial charge on any atom is -0.478 e. The first-order chi connectivity index (χ1) is 14.6. The number of hydrogen-bond acceptors (Lipinski definition) is 4. The Hall–Kier alpha value is -3.61. The van der Waals surface area contributed by atoms with Crippen molar-refractivity contribution in [2.75, 3.05) is 6.61 Å². The maximum absolute atomic E-state index is 12.3. The number of ether oxygens (including phenoxy) is 1. The average Bonchev–Trinajstić information content (AvgIpc) is 3.42. The molecule has 0 saturated heterocycles. The van der Waals surface area contributed by atoms with Gasteiger partial charge in [0.2, 0.25) is 0 Å². The molecule has 0 spiro atoms. The van der Waals surface area contributed by atoms with Crippen LogP contribution in [0.3, 0.4) is 0 Å². The highest BCUT2D eigenvalue weighted by Gasteiger charge is 2.29. The van der Waals surface area contributed by atoms with Crippen molar-refractivity contribution in [3.63, 3.8) is 0 Å². The molecule has 0 fully saturated rings. The molecule has 7 heteroatoms. The van der Waals surface area contributed by atoms with Crippen LogP contribution in [0.4, 0.5) is 4.79 Å². The van der Waals surface area contributed by atoms with Crippen molar-refractivity contribution in [3.8, 4) is 11.1 Å². The summed E-state index contributed by atoms with van der Waals surface area (Å²) in [5.41, 5.74) is 5.92. The number of fused-ring (bicyclic) bond motifs is 4. The van der Waals surface area contributed by atoms with Gasteiger partial charge in [-0.05, 0) is 35.1 Å². The minimum absolute atomic E-state index is 0.0193. The second-order valence-corrected chi connectivity index (χ2v) is 7.58. The van der Waals surface area contributed by atoms with Crippen LogP contribution in [0.2, 0.25) is 0 Å². The molecule has 0 unspecified atom stereocenters. The first-order valence-corrected chi connectivity index (χ1v) is 10.0. The molecule has 2 aromatic carbocycles. The average molecular weight is 403 g/mol. The van der Waals surface area contributed by atoms with Crippen molar-refractivity contribution in [2.24, 2.45) is 0 Å². The lowest BCUT2D eigenvalue weighted by Gasteiger charge is -2.14. The Kier molecular flexibility index (Phi) is 4.50. The molecule has 0 saturated carbocycles. The monoisotopic (exact) mass is 403 g/mol. The van der Waals surface area contributed by atoms with Crippen molar-refractivity contribution in [3.05, 3.63) is 76.6 Å². The number of hydrogen-bond donors (Lipinski definition) is 2. The lowest BCUT2D eigenvalue weighted by atomic mass is 9.98. The van der Waals surface area contributed by atoms with Crippen molar-refractivity contribution in [1.29, 1.82) is 0 Å². The summed E-state index contributed by atoms with van der Waals surface area (Å²) in [7, 11) is 0. The number of carboxylic acid groups (broad SMARTS) is 1. The van der Waals surface area contributed by atoms with E-state index in [-0.39, 0.29) is 24.6 Å². The van der Waals surface area contributed by atoms with Gasteiger partial charge in [0.15, 0.2) is 0 Å². The van der Waals surface area contributed by atoms with E-state index in [9.17, 15) is 14.7 Å². The van der Waals surface area contributed by atoms with Crippen molar-refractivity contribution in [1.82, 2.24) is 15.1 Å². The summed E-state index contributed by atoms with van der Waals surface area (Å²) in [5, 5.41) is 16.5. The molecule has 0 atom stereocenters. The fourth-order valence-electron chi connectivity index (χ4n) is 4.56. The van der Waals surface area contributed by atoms with Gasteiger partial charge >= 0.3 is 12.1 Å². The van der Waals surface area contributed by atoms with E-state index in [4.69, 9.17) is 4.74 Å². The fraction of sp³-hybridized carbons (Fsp3) is 0.261. The Morgan fingerprint density at radius 3 is 2.43 bits per heavy atom. The molecule has 1 aliphatic carbocycles. The number of carbonyl (C=O) groups is 2. The summed E-state index contributed by atoms with van der Waals surface area (Å²) in [6, 6.07) is 16.3. The molecule has 1 aromatic heterocycles. The molecule has 1 aliphatic heterocycles. The third kappa shape index (κ3) is 3.03. The molecule has 2 heterocycles. The number of carbonyl (C=O) groups excluding carboxylic acids is 1. The predicted octanol–water partition coefficient (Wildman–Crippen LogP) is 3.57. The number of aromatic nitrogens is 2. The Morgan fingerprint density at radius 1 is 1.10 bits per heavy atom. The molecular weight excluding hydrogens is 382 g/mol. The topological polar surface area (TPSA) is 93.5 Å². The highest BCUT2D eigenvalue weighted by molar-refractivity contribution is 5.90. The third-order valence-electron chi connectivity index (χ3n) is 5.87. The van der Waals surface area contributed by atoms with Crippen molar-refractivity contribution in [2.45, 2.75) is 31.8 Å². The van der Waals surface area contributed by atoms with Gasteiger partial charge in [-0.15, -0.1) is 0 Å². The number of aromatic carboxylic acids is 1. The van der Waals surface area contributed by atoms with E-state index < -0.39 is 12.1 Å². The Labute approximate surface area is 173 Å². The number of benzene rings is 2. The van der Waals surface area contributed by atoms with Gasteiger partial charge in [-0.3, -0.25) is 4.68 Å². The second-order valence-electron chi connectivity index (χ2n) is 7.58. The molecule has 7 nitrogen and oxygen atoms in total. The highest BCUT2D eigenvalue weighted by Crippen LogP contribution is 2.44. The molecule has 0 bridgehead atoms. The molecule has 30 heavy (non-hydrogen) atoms. The van der Waals surface area contributed by atoms with Gasteiger partial charge < -0.3 is 15.2 Å². The normalized spacial score (nSPS) is 14.1.